The summed E-state index contributed by atoms with van der Waals surface area (Å²) in [5.74, 6) is 0. The summed E-state index contributed by atoms with van der Waals surface area (Å²) >= 11 is 6.06. The van der Waals surface area contributed by atoms with Crippen molar-refractivity contribution in [2.75, 3.05) is 0 Å². The molecule has 0 saturated heterocycles. The van der Waals surface area contributed by atoms with Crippen molar-refractivity contribution < 1.29 is 10.2 Å². The number of aliphatic hydroxyl groups excluding tert-OH is 2. The molecular formula is C12H17ClO2. The van der Waals surface area contributed by atoms with Gasteiger partial charge >= 0.3 is 0 Å². The molecule has 1 rings (SSSR count). The normalized spacial score (nSPS) is 15.0. The first-order valence-corrected chi connectivity index (χ1v) is 5.50. The number of halogens is 1. The number of hydrogen-bond donors (Lipinski definition) is 2. The second-order valence-electron chi connectivity index (χ2n) is 4.03. The molecule has 2 N–H and O–H groups in total. The van der Waals surface area contributed by atoms with E-state index in [-0.39, 0.29) is 12.2 Å². The molecule has 0 amide bonds. The van der Waals surface area contributed by atoms with E-state index in [1.54, 1.807) is 13.8 Å². The quantitative estimate of drug-likeness (QED) is 0.830. The standard InChI is InChI=1S/C12H17ClO2/c1-8(14)5-10-3-4-11(6-9(2)15)12(13)7-10/h3-4,7-9,14-15H,5-6H2,1-2H3. The maximum atomic E-state index is 9.25. The van der Waals surface area contributed by atoms with Crippen LogP contribution in [0.15, 0.2) is 18.2 Å². The monoisotopic (exact) mass is 228 g/mol. The third kappa shape index (κ3) is 4.20. The minimum absolute atomic E-state index is 0.358. The Morgan fingerprint density at radius 2 is 1.73 bits per heavy atom. The largest absolute Gasteiger partial charge is 0.393 e. The number of benzene rings is 1. The zero-order valence-electron chi connectivity index (χ0n) is 9.07. The van der Waals surface area contributed by atoms with Crippen molar-refractivity contribution in [3.63, 3.8) is 0 Å². The van der Waals surface area contributed by atoms with Gasteiger partial charge in [0.25, 0.3) is 0 Å². The van der Waals surface area contributed by atoms with Crippen LogP contribution in [0.1, 0.15) is 25.0 Å². The fraction of sp³-hybridized carbons (Fsp3) is 0.500. The van der Waals surface area contributed by atoms with Crippen LogP contribution in [0.25, 0.3) is 0 Å². The summed E-state index contributed by atoms with van der Waals surface area (Å²) in [5, 5.41) is 19.1. The lowest BCUT2D eigenvalue weighted by Gasteiger charge is -2.09. The van der Waals surface area contributed by atoms with Gasteiger partial charge in [0.05, 0.1) is 12.2 Å². The van der Waals surface area contributed by atoms with Gasteiger partial charge in [0.2, 0.25) is 0 Å². The van der Waals surface area contributed by atoms with E-state index in [0.29, 0.717) is 17.9 Å². The smallest absolute Gasteiger partial charge is 0.0552 e. The predicted molar refractivity (Wildman–Crippen MR) is 62.2 cm³/mol. The van der Waals surface area contributed by atoms with Crippen LogP contribution in [-0.4, -0.2) is 22.4 Å². The summed E-state index contributed by atoms with van der Waals surface area (Å²) < 4.78 is 0. The van der Waals surface area contributed by atoms with Crippen molar-refractivity contribution in [1.29, 1.82) is 0 Å². The first-order chi connectivity index (χ1) is 6.99. The first-order valence-electron chi connectivity index (χ1n) is 5.12. The molecule has 2 nitrogen and oxygen atoms in total. The summed E-state index contributed by atoms with van der Waals surface area (Å²) in [5.41, 5.74) is 1.96. The Balaban J connectivity index is 2.78. The molecule has 0 aliphatic heterocycles. The van der Waals surface area contributed by atoms with Crippen molar-refractivity contribution in [2.24, 2.45) is 0 Å². The molecule has 0 radical (unpaired) electrons. The molecule has 1 aromatic rings. The molecule has 0 aliphatic carbocycles. The van der Waals surface area contributed by atoms with Crippen molar-refractivity contribution >= 4 is 11.6 Å². The average molecular weight is 229 g/mol. The molecular weight excluding hydrogens is 212 g/mol. The molecule has 1 aromatic carbocycles. The van der Waals surface area contributed by atoms with Gasteiger partial charge in [-0.3, -0.25) is 0 Å². The van der Waals surface area contributed by atoms with Gasteiger partial charge in [0.15, 0.2) is 0 Å². The lowest BCUT2D eigenvalue weighted by molar-refractivity contribution is 0.194. The zero-order chi connectivity index (χ0) is 11.4. The fourth-order valence-electron chi connectivity index (χ4n) is 1.54. The predicted octanol–water partition coefficient (Wildman–Crippen LogP) is 2.19. The van der Waals surface area contributed by atoms with Crippen LogP contribution in [0, 0.1) is 0 Å². The highest BCUT2D eigenvalue weighted by Crippen LogP contribution is 2.20. The van der Waals surface area contributed by atoms with Crippen LogP contribution in [0.3, 0.4) is 0 Å². The molecule has 0 aliphatic rings. The minimum Gasteiger partial charge on any atom is -0.393 e. The molecule has 0 saturated carbocycles. The molecule has 84 valence electrons. The highest BCUT2D eigenvalue weighted by atomic mass is 35.5. The van der Waals surface area contributed by atoms with E-state index >= 15 is 0 Å². The highest BCUT2D eigenvalue weighted by Gasteiger charge is 2.06. The molecule has 0 spiro atoms. The van der Waals surface area contributed by atoms with Crippen molar-refractivity contribution in [1.82, 2.24) is 0 Å². The summed E-state index contributed by atoms with van der Waals surface area (Å²) in [6.07, 6.45) is 0.427. The summed E-state index contributed by atoms with van der Waals surface area (Å²) in [4.78, 5) is 0. The van der Waals surface area contributed by atoms with E-state index in [2.05, 4.69) is 0 Å². The summed E-state index contributed by atoms with van der Waals surface area (Å²) in [6, 6.07) is 5.70. The third-order valence-electron chi connectivity index (χ3n) is 2.16. The summed E-state index contributed by atoms with van der Waals surface area (Å²) in [6.45, 7) is 3.48. The average Bonchev–Trinajstić information content (AvgIpc) is 2.08. The Kier molecular flexibility index (Phi) is 4.58. The van der Waals surface area contributed by atoms with Crippen molar-refractivity contribution in [3.05, 3.63) is 34.3 Å². The van der Waals surface area contributed by atoms with E-state index < -0.39 is 0 Å². The Morgan fingerprint density at radius 3 is 2.20 bits per heavy atom. The van der Waals surface area contributed by atoms with Gasteiger partial charge in [-0.1, -0.05) is 23.7 Å². The van der Waals surface area contributed by atoms with Crippen LogP contribution in [-0.2, 0) is 12.8 Å². The molecule has 0 heterocycles. The van der Waals surface area contributed by atoms with E-state index in [0.717, 1.165) is 11.1 Å². The van der Waals surface area contributed by atoms with Crippen molar-refractivity contribution in [2.45, 2.75) is 38.9 Å². The van der Waals surface area contributed by atoms with E-state index in [9.17, 15) is 10.2 Å². The van der Waals surface area contributed by atoms with Gasteiger partial charge in [0, 0.05) is 5.02 Å². The zero-order valence-corrected chi connectivity index (χ0v) is 9.83. The maximum absolute atomic E-state index is 9.25. The second kappa shape index (κ2) is 5.50. The van der Waals surface area contributed by atoms with Crippen LogP contribution in [0.5, 0.6) is 0 Å². The Morgan fingerprint density at radius 1 is 1.13 bits per heavy atom. The Labute approximate surface area is 95.5 Å². The Bertz CT molecular complexity index is 321. The molecule has 0 fully saturated rings. The van der Waals surface area contributed by atoms with E-state index in [1.165, 1.54) is 0 Å². The molecule has 0 aromatic heterocycles. The molecule has 3 heteroatoms. The molecule has 2 atom stereocenters. The minimum atomic E-state index is -0.384. The maximum Gasteiger partial charge on any atom is 0.0552 e. The number of rotatable bonds is 4. The van der Waals surface area contributed by atoms with Crippen LogP contribution >= 0.6 is 11.6 Å². The highest BCUT2D eigenvalue weighted by molar-refractivity contribution is 6.31. The van der Waals surface area contributed by atoms with Gasteiger partial charge in [-0.15, -0.1) is 0 Å². The Hall–Kier alpha value is -0.570. The van der Waals surface area contributed by atoms with E-state index in [4.69, 9.17) is 11.6 Å². The third-order valence-corrected chi connectivity index (χ3v) is 2.52. The molecule has 0 bridgehead atoms. The van der Waals surface area contributed by atoms with Gasteiger partial charge < -0.3 is 10.2 Å². The molecule has 15 heavy (non-hydrogen) atoms. The second-order valence-corrected chi connectivity index (χ2v) is 4.44. The fourth-order valence-corrected chi connectivity index (χ4v) is 1.82. The SMILES string of the molecule is CC(O)Cc1ccc(CC(C)O)c(Cl)c1. The first kappa shape index (κ1) is 12.5. The number of hydrogen-bond acceptors (Lipinski definition) is 2. The van der Waals surface area contributed by atoms with Gasteiger partial charge in [-0.2, -0.15) is 0 Å². The van der Waals surface area contributed by atoms with Gasteiger partial charge in [-0.25, -0.2) is 0 Å². The molecule has 2 unspecified atom stereocenters. The lowest BCUT2D eigenvalue weighted by atomic mass is 10.0. The van der Waals surface area contributed by atoms with Crippen LogP contribution < -0.4 is 0 Å². The van der Waals surface area contributed by atoms with Gasteiger partial charge in [-0.05, 0) is 43.9 Å². The summed E-state index contributed by atoms with van der Waals surface area (Å²) in [7, 11) is 0. The topological polar surface area (TPSA) is 40.5 Å². The van der Waals surface area contributed by atoms with Crippen LogP contribution in [0.2, 0.25) is 5.02 Å². The van der Waals surface area contributed by atoms with Crippen molar-refractivity contribution in [3.8, 4) is 0 Å². The number of aliphatic hydroxyl groups is 2. The lowest BCUT2D eigenvalue weighted by Crippen LogP contribution is -2.07. The van der Waals surface area contributed by atoms with E-state index in [1.807, 2.05) is 18.2 Å². The van der Waals surface area contributed by atoms with Crippen LogP contribution in [0.4, 0.5) is 0 Å². The van der Waals surface area contributed by atoms with Gasteiger partial charge in [0.1, 0.15) is 0 Å².